The Morgan fingerprint density at radius 2 is 1.70 bits per heavy atom. The molecule has 2 heterocycles. The summed E-state index contributed by atoms with van der Waals surface area (Å²) in [7, 11) is 0. The van der Waals surface area contributed by atoms with Crippen LogP contribution < -0.4 is 5.32 Å². The number of aromatic hydroxyl groups is 1. The molecular formula is C31H42N4O2. The minimum absolute atomic E-state index is 0.0528. The molecule has 198 valence electrons. The van der Waals surface area contributed by atoms with Crippen LogP contribution in [-0.4, -0.2) is 64.5 Å². The first-order valence-corrected chi connectivity index (χ1v) is 14.2. The van der Waals surface area contributed by atoms with E-state index in [1.807, 2.05) is 12.1 Å². The van der Waals surface area contributed by atoms with E-state index >= 15 is 0 Å². The Labute approximate surface area is 221 Å². The molecule has 6 heteroatoms. The first kappa shape index (κ1) is 25.6. The molecular weight excluding hydrogens is 460 g/mol. The molecule has 2 N–H and O–H groups in total. The Morgan fingerprint density at radius 3 is 2.46 bits per heavy atom. The molecule has 3 aliphatic rings. The Morgan fingerprint density at radius 1 is 1.00 bits per heavy atom. The Balaban J connectivity index is 1.22. The van der Waals surface area contributed by atoms with Crippen LogP contribution in [0.2, 0.25) is 0 Å². The van der Waals surface area contributed by atoms with Gasteiger partial charge in [0.25, 0.3) is 0 Å². The van der Waals surface area contributed by atoms with E-state index in [0.29, 0.717) is 18.2 Å². The summed E-state index contributed by atoms with van der Waals surface area (Å²) in [5.74, 6) is 2.28. The number of rotatable bonds is 10. The molecule has 0 spiro atoms. The van der Waals surface area contributed by atoms with Gasteiger partial charge in [0.1, 0.15) is 5.75 Å². The number of amides is 1. The number of phenols is 1. The van der Waals surface area contributed by atoms with Crippen molar-refractivity contribution in [1.82, 2.24) is 15.1 Å². The first-order valence-electron chi connectivity index (χ1n) is 14.2. The summed E-state index contributed by atoms with van der Waals surface area (Å²) in [6, 6.07) is 18.9. The lowest BCUT2D eigenvalue weighted by Crippen LogP contribution is -2.46. The van der Waals surface area contributed by atoms with Crippen molar-refractivity contribution in [3.8, 4) is 5.75 Å². The van der Waals surface area contributed by atoms with E-state index in [1.54, 1.807) is 12.1 Å². The van der Waals surface area contributed by atoms with Crippen LogP contribution in [0.4, 0.5) is 0 Å². The fraction of sp³-hybridized carbons (Fsp3) is 0.548. The molecule has 0 aromatic heterocycles. The van der Waals surface area contributed by atoms with Crippen LogP contribution in [0, 0.1) is 5.92 Å². The first-order chi connectivity index (χ1) is 18.0. The Hall–Kier alpha value is -3.02. The third-order valence-corrected chi connectivity index (χ3v) is 8.35. The van der Waals surface area contributed by atoms with Crippen LogP contribution in [0.25, 0.3) is 0 Å². The zero-order valence-electron chi connectivity index (χ0n) is 22.2. The monoisotopic (exact) mass is 502 g/mol. The molecule has 2 fully saturated rings. The summed E-state index contributed by atoms with van der Waals surface area (Å²) < 4.78 is 0. The smallest absolute Gasteiger partial charge is 0.220 e. The highest BCUT2D eigenvalue weighted by molar-refractivity contribution is 5.85. The topological polar surface area (TPSA) is 68.2 Å². The number of carbonyl (C=O) groups excluding carboxylic acids is 1. The molecule has 37 heavy (non-hydrogen) atoms. The number of guanidine groups is 1. The van der Waals surface area contributed by atoms with E-state index in [4.69, 9.17) is 4.99 Å². The van der Waals surface area contributed by atoms with E-state index in [2.05, 4.69) is 52.4 Å². The van der Waals surface area contributed by atoms with Crippen molar-refractivity contribution in [2.24, 2.45) is 10.9 Å². The van der Waals surface area contributed by atoms with Gasteiger partial charge in [-0.3, -0.25) is 9.79 Å². The molecule has 2 aliphatic heterocycles. The summed E-state index contributed by atoms with van der Waals surface area (Å²) in [6.45, 7) is 4.62. The molecule has 1 amide bonds. The van der Waals surface area contributed by atoms with Crippen LogP contribution in [0.1, 0.15) is 63.0 Å². The molecule has 1 aliphatic carbocycles. The average molecular weight is 503 g/mol. The number of phenolic OH excluding ortho intramolecular Hbond substituents is 1. The number of carbonyl (C=O) groups is 1. The normalized spacial score (nSPS) is 22.6. The maximum Gasteiger partial charge on any atom is 0.220 e. The highest BCUT2D eigenvalue weighted by Gasteiger charge is 2.42. The number of benzene rings is 2. The Bertz CT molecular complexity index is 1050. The second kappa shape index (κ2) is 12.0. The number of aliphatic imine (C=N–C) groups is 1. The molecule has 0 radical (unpaired) electrons. The van der Waals surface area contributed by atoms with E-state index < -0.39 is 0 Å². The van der Waals surface area contributed by atoms with Gasteiger partial charge in [-0.1, -0.05) is 74.6 Å². The zero-order valence-corrected chi connectivity index (χ0v) is 22.2. The van der Waals surface area contributed by atoms with Crippen molar-refractivity contribution >= 4 is 11.9 Å². The van der Waals surface area contributed by atoms with E-state index in [1.165, 1.54) is 43.2 Å². The number of fused-ring (bicyclic) bond motifs is 1. The van der Waals surface area contributed by atoms with Crippen LogP contribution in [0.3, 0.4) is 0 Å². The van der Waals surface area contributed by atoms with E-state index in [-0.39, 0.29) is 18.0 Å². The van der Waals surface area contributed by atoms with Crippen LogP contribution in [0.5, 0.6) is 5.75 Å². The van der Waals surface area contributed by atoms with Crippen molar-refractivity contribution in [2.75, 3.05) is 19.6 Å². The summed E-state index contributed by atoms with van der Waals surface area (Å²) in [4.78, 5) is 22.7. The minimum atomic E-state index is 0.0528. The van der Waals surface area contributed by atoms with Crippen molar-refractivity contribution in [3.05, 3.63) is 65.7 Å². The van der Waals surface area contributed by atoms with Gasteiger partial charge in [0.15, 0.2) is 5.96 Å². The maximum absolute atomic E-state index is 12.8. The van der Waals surface area contributed by atoms with Gasteiger partial charge in [0.05, 0.1) is 18.6 Å². The number of hydrogen-bond donors (Lipinski definition) is 2. The molecule has 2 aromatic rings. The quantitative estimate of drug-likeness (QED) is 0.491. The fourth-order valence-corrected chi connectivity index (χ4v) is 6.38. The van der Waals surface area contributed by atoms with Crippen LogP contribution in [-0.2, 0) is 17.6 Å². The Kier molecular flexibility index (Phi) is 8.32. The van der Waals surface area contributed by atoms with Crippen molar-refractivity contribution in [2.45, 2.75) is 82.8 Å². The third kappa shape index (κ3) is 6.65. The predicted octanol–water partition coefficient (Wildman–Crippen LogP) is 4.77. The lowest BCUT2D eigenvalue weighted by molar-refractivity contribution is -0.122. The van der Waals surface area contributed by atoms with Gasteiger partial charge in [0, 0.05) is 25.6 Å². The van der Waals surface area contributed by atoms with Gasteiger partial charge in [-0.05, 0) is 55.4 Å². The molecule has 1 saturated carbocycles. The molecule has 0 bridgehead atoms. The number of nitrogens with zero attached hydrogens (tertiary/aromatic N) is 3. The SMILES string of the molecule is C[C@@H](CN1C2=NC[C@@H](Cc3ccccc3)N2C[C@H]1Cc1ccc(O)cc1)NC(=O)CCC1CCCCC1. The lowest BCUT2D eigenvalue weighted by Gasteiger charge is -2.29. The van der Waals surface area contributed by atoms with Gasteiger partial charge in [-0.25, -0.2) is 0 Å². The summed E-state index contributed by atoms with van der Waals surface area (Å²) in [6.07, 6.45) is 10.1. The van der Waals surface area contributed by atoms with Gasteiger partial charge < -0.3 is 20.2 Å². The molecule has 0 unspecified atom stereocenters. The highest BCUT2D eigenvalue weighted by atomic mass is 16.3. The molecule has 2 aromatic carbocycles. The van der Waals surface area contributed by atoms with Gasteiger partial charge >= 0.3 is 0 Å². The average Bonchev–Trinajstić information content (AvgIpc) is 3.45. The lowest BCUT2D eigenvalue weighted by atomic mass is 9.86. The summed E-state index contributed by atoms with van der Waals surface area (Å²) in [5, 5.41) is 13.0. The molecule has 1 saturated heterocycles. The molecule has 6 nitrogen and oxygen atoms in total. The summed E-state index contributed by atoms with van der Waals surface area (Å²) in [5.41, 5.74) is 2.55. The van der Waals surface area contributed by atoms with E-state index in [0.717, 1.165) is 50.8 Å². The van der Waals surface area contributed by atoms with Crippen molar-refractivity contribution in [1.29, 1.82) is 0 Å². The molecule has 3 atom stereocenters. The van der Waals surface area contributed by atoms with Crippen molar-refractivity contribution in [3.63, 3.8) is 0 Å². The van der Waals surface area contributed by atoms with Gasteiger partial charge in [0.2, 0.25) is 5.91 Å². The van der Waals surface area contributed by atoms with Crippen LogP contribution in [0.15, 0.2) is 59.6 Å². The van der Waals surface area contributed by atoms with Crippen molar-refractivity contribution < 1.29 is 9.90 Å². The van der Waals surface area contributed by atoms with E-state index in [9.17, 15) is 9.90 Å². The zero-order chi connectivity index (χ0) is 25.6. The van der Waals surface area contributed by atoms with Gasteiger partial charge in [-0.2, -0.15) is 0 Å². The summed E-state index contributed by atoms with van der Waals surface area (Å²) >= 11 is 0. The molecule has 5 rings (SSSR count). The fourth-order valence-electron chi connectivity index (χ4n) is 6.38. The second-order valence-corrected chi connectivity index (χ2v) is 11.3. The number of hydrogen-bond acceptors (Lipinski definition) is 5. The standard InChI is InChI=1S/C31H42N4O2/c1-23(33-30(37)17-14-24-8-4-2-5-9-24)21-34-28(19-26-12-15-29(36)16-13-26)22-35-27(20-32-31(34)35)18-25-10-6-3-7-11-25/h3,6-7,10-13,15-16,23-24,27-28,36H,2,4-5,8-9,14,17-22H2,1H3,(H,33,37)/t23-,27+,28+/m0/s1. The highest BCUT2D eigenvalue weighted by Crippen LogP contribution is 2.29. The maximum atomic E-state index is 12.8. The van der Waals surface area contributed by atoms with Crippen LogP contribution >= 0.6 is 0 Å². The largest absolute Gasteiger partial charge is 0.508 e. The predicted molar refractivity (Wildman–Crippen MR) is 149 cm³/mol. The third-order valence-electron chi connectivity index (χ3n) is 8.35. The second-order valence-electron chi connectivity index (χ2n) is 11.3. The number of nitrogens with one attached hydrogen (secondary N) is 1. The minimum Gasteiger partial charge on any atom is -0.508 e. The van der Waals surface area contributed by atoms with Gasteiger partial charge in [-0.15, -0.1) is 0 Å².